The van der Waals surface area contributed by atoms with Crippen LogP contribution in [0.4, 0.5) is 11.4 Å². The zero-order chi connectivity index (χ0) is 30.5. The summed E-state index contributed by atoms with van der Waals surface area (Å²) in [6.45, 7) is 1.97. The molecule has 8 nitrogen and oxygen atoms in total. The number of rotatable bonds is 10. The van der Waals surface area contributed by atoms with Crippen LogP contribution in [0.2, 0.25) is 0 Å². The topological polar surface area (TPSA) is 98.8 Å². The summed E-state index contributed by atoms with van der Waals surface area (Å²) in [7, 11) is 0. The Kier molecular flexibility index (Phi) is 8.99. The maximum Gasteiger partial charge on any atom is 0.229 e. The summed E-state index contributed by atoms with van der Waals surface area (Å²) in [5.41, 5.74) is 3.32. The highest BCUT2D eigenvalue weighted by Crippen LogP contribution is 2.25. The quantitative estimate of drug-likeness (QED) is 0.213. The molecule has 6 rings (SSSR count). The first kappa shape index (κ1) is 29.5. The third-order valence-electron chi connectivity index (χ3n) is 7.85. The van der Waals surface area contributed by atoms with Crippen molar-refractivity contribution in [3.63, 3.8) is 0 Å². The molecule has 0 radical (unpaired) electrons. The monoisotopic (exact) mass is 624 g/mol. The molecule has 2 aliphatic rings. The molecule has 224 valence electrons. The summed E-state index contributed by atoms with van der Waals surface area (Å²) in [6, 6.07) is 23.0. The van der Waals surface area contributed by atoms with Gasteiger partial charge in [-0.25, -0.2) is 0 Å². The first-order valence-electron chi connectivity index (χ1n) is 14.5. The molecule has 0 spiro atoms. The molecule has 44 heavy (non-hydrogen) atoms. The van der Waals surface area contributed by atoms with E-state index in [0.29, 0.717) is 37.6 Å². The number of amides is 4. The van der Waals surface area contributed by atoms with Crippen molar-refractivity contribution in [2.75, 3.05) is 23.7 Å². The van der Waals surface area contributed by atoms with Gasteiger partial charge in [-0.2, -0.15) is 0 Å². The van der Waals surface area contributed by atoms with Gasteiger partial charge in [-0.05, 0) is 58.3 Å². The van der Waals surface area contributed by atoms with E-state index in [1.807, 2.05) is 95.7 Å². The SMILES string of the molecule is O=C(Nc1ccc(C=Cc2ccc(NC(=O)C3CC(=O)N(Cc4cccs4)C3)cc2)cc1)C1CC(=O)N(Cc2cccs2)C1. The van der Waals surface area contributed by atoms with Crippen LogP contribution >= 0.6 is 22.7 Å². The summed E-state index contributed by atoms with van der Waals surface area (Å²) < 4.78 is 0. The summed E-state index contributed by atoms with van der Waals surface area (Å²) >= 11 is 3.22. The smallest absolute Gasteiger partial charge is 0.229 e. The Hall–Kier alpha value is -4.54. The van der Waals surface area contributed by atoms with E-state index in [9.17, 15) is 19.2 Å². The molecule has 4 amide bonds. The highest BCUT2D eigenvalue weighted by Gasteiger charge is 2.35. The van der Waals surface area contributed by atoms with Crippen molar-refractivity contribution in [3.05, 3.63) is 104 Å². The highest BCUT2D eigenvalue weighted by atomic mass is 32.1. The van der Waals surface area contributed by atoms with E-state index >= 15 is 0 Å². The molecule has 0 saturated carbocycles. The van der Waals surface area contributed by atoms with Crippen molar-refractivity contribution in [2.24, 2.45) is 11.8 Å². The number of thiophene rings is 2. The van der Waals surface area contributed by atoms with Crippen LogP contribution in [0.1, 0.15) is 33.7 Å². The van der Waals surface area contributed by atoms with Crippen LogP contribution in [0.5, 0.6) is 0 Å². The minimum Gasteiger partial charge on any atom is -0.337 e. The minimum atomic E-state index is -0.360. The van der Waals surface area contributed by atoms with E-state index in [1.165, 1.54) is 0 Å². The number of anilines is 2. The number of likely N-dealkylation sites (tertiary alicyclic amines) is 2. The first-order chi connectivity index (χ1) is 21.4. The lowest BCUT2D eigenvalue weighted by molar-refractivity contribution is -0.129. The van der Waals surface area contributed by atoms with Gasteiger partial charge < -0.3 is 20.4 Å². The normalized spacial score (nSPS) is 18.4. The van der Waals surface area contributed by atoms with Crippen molar-refractivity contribution in [2.45, 2.75) is 25.9 Å². The second kappa shape index (κ2) is 13.4. The molecule has 2 fully saturated rings. The second-order valence-electron chi connectivity index (χ2n) is 11.1. The zero-order valence-corrected chi connectivity index (χ0v) is 25.6. The van der Waals surface area contributed by atoms with Gasteiger partial charge in [0.2, 0.25) is 23.6 Å². The van der Waals surface area contributed by atoms with Gasteiger partial charge in [0.05, 0.1) is 24.9 Å². The molecule has 2 unspecified atom stereocenters. The van der Waals surface area contributed by atoms with Crippen molar-refractivity contribution >= 4 is 69.8 Å². The Balaban J connectivity index is 0.964. The van der Waals surface area contributed by atoms with Gasteiger partial charge in [0, 0.05) is 47.1 Å². The molecule has 10 heteroatoms. The predicted molar refractivity (Wildman–Crippen MR) is 175 cm³/mol. The van der Waals surface area contributed by atoms with Crippen molar-refractivity contribution in [1.82, 2.24) is 9.80 Å². The van der Waals surface area contributed by atoms with Crippen LogP contribution in [0, 0.1) is 11.8 Å². The van der Waals surface area contributed by atoms with Gasteiger partial charge in [-0.15, -0.1) is 22.7 Å². The summed E-state index contributed by atoms with van der Waals surface area (Å²) in [6.07, 6.45) is 4.41. The molecule has 0 aliphatic carbocycles. The fraction of sp³-hybridized carbons (Fsp3) is 0.235. The molecule has 2 saturated heterocycles. The van der Waals surface area contributed by atoms with E-state index in [1.54, 1.807) is 32.5 Å². The Morgan fingerprint density at radius 2 is 1.07 bits per heavy atom. The molecular formula is C34H32N4O4S2. The van der Waals surface area contributed by atoms with Crippen LogP contribution < -0.4 is 10.6 Å². The maximum atomic E-state index is 12.8. The molecule has 2 atom stereocenters. The highest BCUT2D eigenvalue weighted by molar-refractivity contribution is 7.10. The lowest BCUT2D eigenvalue weighted by Crippen LogP contribution is -2.27. The van der Waals surface area contributed by atoms with Gasteiger partial charge in [0.15, 0.2) is 0 Å². The number of nitrogens with one attached hydrogen (secondary N) is 2. The van der Waals surface area contributed by atoms with E-state index in [0.717, 1.165) is 20.9 Å². The van der Waals surface area contributed by atoms with Gasteiger partial charge >= 0.3 is 0 Å². The van der Waals surface area contributed by atoms with Crippen LogP contribution in [0.15, 0.2) is 83.6 Å². The number of carbonyl (C=O) groups is 4. The average molecular weight is 625 g/mol. The van der Waals surface area contributed by atoms with E-state index in [2.05, 4.69) is 10.6 Å². The third-order valence-corrected chi connectivity index (χ3v) is 9.57. The largest absolute Gasteiger partial charge is 0.337 e. The number of carbonyl (C=O) groups excluding carboxylic acids is 4. The number of benzene rings is 2. The Bertz CT molecular complexity index is 1520. The van der Waals surface area contributed by atoms with Crippen LogP contribution in [0.25, 0.3) is 12.2 Å². The lowest BCUT2D eigenvalue weighted by Gasteiger charge is -2.15. The summed E-state index contributed by atoms with van der Waals surface area (Å²) in [5.74, 6) is -0.980. The summed E-state index contributed by atoms with van der Waals surface area (Å²) in [4.78, 5) is 56.2. The summed E-state index contributed by atoms with van der Waals surface area (Å²) in [5, 5.41) is 9.87. The van der Waals surface area contributed by atoms with Crippen LogP contribution in [-0.2, 0) is 32.3 Å². The second-order valence-corrected chi connectivity index (χ2v) is 13.1. The van der Waals surface area contributed by atoms with Crippen molar-refractivity contribution < 1.29 is 19.2 Å². The molecule has 2 aromatic carbocycles. The maximum absolute atomic E-state index is 12.8. The van der Waals surface area contributed by atoms with Gasteiger partial charge in [-0.3, -0.25) is 19.2 Å². The van der Waals surface area contributed by atoms with Crippen LogP contribution in [-0.4, -0.2) is 46.5 Å². The fourth-order valence-corrected chi connectivity index (χ4v) is 6.86. The molecule has 2 aliphatic heterocycles. The van der Waals surface area contributed by atoms with Crippen molar-refractivity contribution in [1.29, 1.82) is 0 Å². The third kappa shape index (κ3) is 7.32. The van der Waals surface area contributed by atoms with E-state index in [4.69, 9.17) is 0 Å². The number of hydrogen-bond donors (Lipinski definition) is 2. The average Bonchev–Trinajstić information content (AvgIpc) is 3.85. The lowest BCUT2D eigenvalue weighted by atomic mass is 10.1. The van der Waals surface area contributed by atoms with E-state index in [-0.39, 0.29) is 48.3 Å². The molecule has 4 heterocycles. The first-order valence-corrected chi connectivity index (χ1v) is 16.3. The molecule has 0 bridgehead atoms. The van der Waals surface area contributed by atoms with Crippen LogP contribution in [0.3, 0.4) is 0 Å². The van der Waals surface area contributed by atoms with Gasteiger partial charge in [0.1, 0.15) is 0 Å². The molecule has 4 aromatic rings. The number of hydrogen-bond acceptors (Lipinski definition) is 6. The van der Waals surface area contributed by atoms with Crippen molar-refractivity contribution in [3.8, 4) is 0 Å². The Morgan fingerprint density at radius 3 is 1.43 bits per heavy atom. The van der Waals surface area contributed by atoms with E-state index < -0.39 is 0 Å². The Morgan fingerprint density at radius 1 is 0.659 bits per heavy atom. The zero-order valence-electron chi connectivity index (χ0n) is 24.0. The fourth-order valence-electron chi connectivity index (χ4n) is 5.42. The predicted octanol–water partition coefficient (Wildman–Crippen LogP) is 5.95. The molecule has 2 N–H and O–H groups in total. The molecular weight excluding hydrogens is 593 g/mol. The van der Waals surface area contributed by atoms with Gasteiger partial charge in [0.25, 0.3) is 0 Å². The number of nitrogens with zero attached hydrogens (tertiary/aromatic N) is 2. The molecule has 2 aromatic heterocycles. The Labute approximate surface area is 264 Å². The standard InChI is InChI=1S/C34H32N4O4S2/c39-31-17-25(19-37(31)21-29-3-1-15-43-29)33(41)35-27-11-7-23(8-12-27)5-6-24-9-13-28(14-10-24)36-34(42)26-18-32(40)38(20-26)22-30-4-2-16-44-30/h1-16,25-26H,17-22H2,(H,35,41)(H,36,42). The van der Waals surface area contributed by atoms with Gasteiger partial charge in [-0.1, -0.05) is 48.6 Å². The minimum absolute atomic E-state index is 0.0107.